The average molecular weight is 256 g/mol. The zero-order valence-corrected chi connectivity index (χ0v) is 10.7. The van der Waals surface area contributed by atoms with E-state index in [9.17, 15) is 13.2 Å². The topological polar surface area (TPSA) is 71.4 Å². The van der Waals surface area contributed by atoms with E-state index in [1.54, 1.807) is 0 Å². The largest absolute Gasteiger partial charge is 0.478 e. The molecule has 1 rings (SSSR count). The van der Waals surface area contributed by atoms with Crippen LogP contribution in [0.25, 0.3) is 0 Å². The lowest BCUT2D eigenvalue weighted by atomic mass is 10.2. The van der Waals surface area contributed by atoms with Gasteiger partial charge in [-0.15, -0.1) is 0 Å². The summed E-state index contributed by atoms with van der Waals surface area (Å²) in [5.74, 6) is -1.12. The Bertz CT molecular complexity index is 501. The third-order valence-corrected chi connectivity index (χ3v) is 5.21. The number of sulfone groups is 1. The summed E-state index contributed by atoms with van der Waals surface area (Å²) in [6.45, 7) is 3.62. The first-order valence-corrected chi connectivity index (χ1v) is 7.05. The maximum Gasteiger partial charge on any atom is 0.335 e. The molecule has 1 aromatic rings. The molecule has 0 aliphatic heterocycles. The summed E-state index contributed by atoms with van der Waals surface area (Å²) in [5.41, 5.74) is -0.00275. The normalized spacial score (nSPS) is 11.7. The summed E-state index contributed by atoms with van der Waals surface area (Å²) in [7, 11) is -3.42. The lowest BCUT2D eigenvalue weighted by molar-refractivity contribution is 0.0696. The van der Waals surface area contributed by atoms with Crippen molar-refractivity contribution in [2.24, 2.45) is 0 Å². The fourth-order valence-electron chi connectivity index (χ4n) is 1.73. The smallest absolute Gasteiger partial charge is 0.335 e. The van der Waals surface area contributed by atoms with Gasteiger partial charge in [0.1, 0.15) is 0 Å². The van der Waals surface area contributed by atoms with E-state index < -0.39 is 21.1 Å². The molecular formula is C12H16O4S. The summed E-state index contributed by atoms with van der Waals surface area (Å²) in [6.07, 6.45) is 1.05. The SMILES string of the molecule is CCC(CC)S(=O)(=O)c1cccc(C(=O)O)c1. The molecule has 0 amide bonds. The van der Waals surface area contributed by atoms with Crippen LogP contribution in [0.3, 0.4) is 0 Å². The Morgan fingerprint density at radius 2 is 1.88 bits per heavy atom. The molecule has 0 heterocycles. The second-order valence-electron chi connectivity index (χ2n) is 3.82. The Labute approximate surface area is 101 Å². The van der Waals surface area contributed by atoms with E-state index in [1.807, 2.05) is 13.8 Å². The van der Waals surface area contributed by atoms with Crippen LogP contribution < -0.4 is 0 Å². The average Bonchev–Trinajstić information content (AvgIpc) is 2.30. The molecule has 0 aromatic heterocycles. The third kappa shape index (κ3) is 2.85. The van der Waals surface area contributed by atoms with Crippen molar-refractivity contribution >= 4 is 15.8 Å². The van der Waals surface area contributed by atoms with E-state index in [1.165, 1.54) is 24.3 Å². The van der Waals surface area contributed by atoms with Crippen molar-refractivity contribution < 1.29 is 18.3 Å². The van der Waals surface area contributed by atoms with E-state index >= 15 is 0 Å². The van der Waals surface area contributed by atoms with Gasteiger partial charge in [0.25, 0.3) is 0 Å². The first-order valence-electron chi connectivity index (χ1n) is 5.50. The molecule has 5 heteroatoms. The van der Waals surface area contributed by atoms with Crippen LogP contribution in [-0.4, -0.2) is 24.7 Å². The minimum absolute atomic E-state index is 0.00275. The number of hydrogen-bond acceptors (Lipinski definition) is 3. The molecular weight excluding hydrogens is 240 g/mol. The maximum atomic E-state index is 12.2. The summed E-state index contributed by atoms with van der Waals surface area (Å²) < 4.78 is 24.4. The molecule has 0 fully saturated rings. The van der Waals surface area contributed by atoms with Crippen molar-refractivity contribution in [3.8, 4) is 0 Å². The fourth-order valence-corrected chi connectivity index (χ4v) is 3.55. The van der Waals surface area contributed by atoms with Gasteiger partial charge in [-0.25, -0.2) is 13.2 Å². The molecule has 4 nitrogen and oxygen atoms in total. The number of rotatable bonds is 5. The minimum atomic E-state index is -3.42. The predicted octanol–water partition coefficient (Wildman–Crippen LogP) is 2.35. The Kier molecular flexibility index (Phi) is 4.28. The van der Waals surface area contributed by atoms with Crippen LogP contribution in [0.15, 0.2) is 29.2 Å². The number of carboxylic acid groups (broad SMARTS) is 1. The van der Waals surface area contributed by atoms with Gasteiger partial charge in [0.2, 0.25) is 0 Å². The molecule has 0 unspecified atom stereocenters. The van der Waals surface area contributed by atoms with Gasteiger partial charge in [-0.05, 0) is 31.0 Å². The molecule has 0 aliphatic rings. The van der Waals surface area contributed by atoms with Crippen LogP contribution in [0.1, 0.15) is 37.0 Å². The van der Waals surface area contributed by atoms with Crippen molar-refractivity contribution in [2.45, 2.75) is 36.8 Å². The first-order chi connectivity index (χ1) is 7.93. The second-order valence-corrected chi connectivity index (χ2v) is 6.04. The fraction of sp³-hybridized carbons (Fsp3) is 0.417. The van der Waals surface area contributed by atoms with E-state index in [0.717, 1.165) is 0 Å². The van der Waals surface area contributed by atoms with E-state index in [4.69, 9.17) is 5.11 Å². The van der Waals surface area contributed by atoms with Crippen molar-refractivity contribution in [1.82, 2.24) is 0 Å². The number of carbonyl (C=O) groups is 1. The van der Waals surface area contributed by atoms with Gasteiger partial charge >= 0.3 is 5.97 Å². The van der Waals surface area contributed by atoms with Gasteiger partial charge in [-0.3, -0.25) is 0 Å². The standard InChI is InChI=1S/C12H16O4S/c1-3-10(4-2)17(15,16)11-7-5-6-9(8-11)12(13)14/h5-8,10H,3-4H2,1-2H3,(H,13,14). The van der Waals surface area contributed by atoms with Crippen LogP contribution >= 0.6 is 0 Å². The predicted molar refractivity (Wildman–Crippen MR) is 65.0 cm³/mol. The van der Waals surface area contributed by atoms with Gasteiger partial charge in [-0.2, -0.15) is 0 Å². The number of carboxylic acids is 1. The molecule has 17 heavy (non-hydrogen) atoms. The number of hydrogen-bond donors (Lipinski definition) is 1. The Morgan fingerprint density at radius 1 is 1.29 bits per heavy atom. The lowest BCUT2D eigenvalue weighted by Crippen LogP contribution is -2.20. The summed E-state index contributed by atoms with van der Waals surface area (Å²) in [5, 5.41) is 8.38. The highest BCUT2D eigenvalue weighted by atomic mass is 32.2. The molecule has 0 spiro atoms. The molecule has 0 atom stereocenters. The Morgan fingerprint density at radius 3 is 2.35 bits per heavy atom. The lowest BCUT2D eigenvalue weighted by Gasteiger charge is -2.13. The van der Waals surface area contributed by atoms with Crippen LogP contribution in [0, 0.1) is 0 Å². The highest BCUT2D eigenvalue weighted by Gasteiger charge is 2.24. The summed E-state index contributed by atoms with van der Waals surface area (Å²) in [6, 6.07) is 5.50. The third-order valence-electron chi connectivity index (χ3n) is 2.76. The van der Waals surface area contributed by atoms with Crippen molar-refractivity contribution in [1.29, 1.82) is 0 Å². The molecule has 0 radical (unpaired) electrons. The molecule has 0 saturated carbocycles. The van der Waals surface area contributed by atoms with Crippen molar-refractivity contribution in [3.05, 3.63) is 29.8 Å². The van der Waals surface area contributed by atoms with E-state index in [2.05, 4.69) is 0 Å². The summed E-state index contributed by atoms with van der Waals surface area (Å²) >= 11 is 0. The van der Waals surface area contributed by atoms with Gasteiger partial charge in [0.05, 0.1) is 15.7 Å². The van der Waals surface area contributed by atoms with Crippen LogP contribution in [0.5, 0.6) is 0 Å². The minimum Gasteiger partial charge on any atom is -0.478 e. The molecule has 0 saturated heterocycles. The molecule has 0 aliphatic carbocycles. The second kappa shape index (κ2) is 5.31. The van der Waals surface area contributed by atoms with Crippen molar-refractivity contribution in [2.75, 3.05) is 0 Å². The number of aromatic carboxylic acids is 1. The van der Waals surface area contributed by atoms with E-state index in [-0.39, 0.29) is 10.5 Å². The Balaban J connectivity index is 3.24. The van der Waals surface area contributed by atoms with Crippen molar-refractivity contribution in [3.63, 3.8) is 0 Å². The first kappa shape index (κ1) is 13.7. The Hall–Kier alpha value is -1.36. The molecule has 1 aromatic carbocycles. The summed E-state index contributed by atoms with van der Waals surface area (Å²) in [4.78, 5) is 10.9. The van der Waals surface area contributed by atoms with Gasteiger partial charge in [0, 0.05) is 0 Å². The van der Waals surface area contributed by atoms with Crippen LogP contribution in [0.4, 0.5) is 0 Å². The molecule has 94 valence electrons. The zero-order valence-electron chi connectivity index (χ0n) is 9.88. The molecule has 0 bridgehead atoms. The monoisotopic (exact) mass is 256 g/mol. The van der Waals surface area contributed by atoms with Crippen LogP contribution in [0.2, 0.25) is 0 Å². The van der Waals surface area contributed by atoms with Gasteiger partial charge < -0.3 is 5.11 Å². The molecule has 1 N–H and O–H groups in total. The van der Waals surface area contributed by atoms with Gasteiger partial charge in [-0.1, -0.05) is 19.9 Å². The maximum absolute atomic E-state index is 12.2. The number of benzene rings is 1. The van der Waals surface area contributed by atoms with Gasteiger partial charge in [0.15, 0.2) is 9.84 Å². The highest BCUT2D eigenvalue weighted by Crippen LogP contribution is 2.21. The quantitative estimate of drug-likeness (QED) is 0.877. The highest BCUT2D eigenvalue weighted by molar-refractivity contribution is 7.92. The van der Waals surface area contributed by atoms with E-state index in [0.29, 0.717) is 12.8 Å². The zero-order chi connectivity index (χ0) is 13.1. The van der Waals surface area contributed by atoms with Crippen LogP contribution in [-0.2, 0) is 9.84 Å².